The van der Waals surface area contributed by atoms with Gasteiger partial charge >= 0.3 is 6.03 Å². The summed E-state index contributed by atoms with van der Waals surface area (Å²) in [7, 11) is 0. The van der Waals surface area contributed by atoms with Gasteiger partial charge in [0.1, 0.15) is 5.75 Å². The van der Waals surface area contributed by atoms with Gasteiger partial charge in [-0.3, -0.25) is 0 Å². The number of hydrogen-bond acceptors (Lipinski definition) is 4. The second-order valence-corrected chi connectivity index (χ2v) is 6.05. The number of ether oxygens (including phenoxy) is 1. The van der Waals surface area contributed by atoms with E-state index < -0.39 is 0 Å². The lowest BCUT2D eigenvalue weighted by Crippen LogP contribution is -2.19. The third-order valence-electron chi connectivity index (χ3n) is 3.46. The first-order chi connectivity index (χ1) is 12.5. The van der Waals surface area contributed by atoms with Gasteiger partial charge in [-0.05, 0) is 48.9 Å². The number of nitrogens with one attached hydrogen (secondary N) is 2. The van der Waals surface area contributed by atoms with Crippen LogP contribution in [0.15, 0.2) is 60.8 Å². The van der Waals surface area contributed by atoms with E-state index in [1.807, 2.05) is 31.2 Å². The van der Waals surface area contributed by atoms with Crippen LogP contribution in [0.4, 0.5) is 22.0 Å². The molecule has 0 unspecified atom stereocenters. The minimum Gasteiger partial charge on any atom is -0.453 e. The van der Waals surface area contributed by atoms with Gasteiger partial charge in [-0.25, -0.2) is 9.78 Å². The van der Waals surface area contributed by atoms with E-state index in [2.05, 4.69) is 15.6 Å². The molecular formula is C19H17ClN4O2. The summed E-state index contributed by atoms with van der Waals surface area (Å²) >= 11 is 5.89. The van der Waals surface area contributed by atoms with Gasteiger partial charge in [0.15, 0.2) is 11.6 Å². The average Bonchev–Trinajstić information content (AvgIpc) is 2.60. The molecule has 0 aliphatic rings. The number of benzene rings is 2. The highest BCUT2D eigenvalue weighted by atomic mass is 35.5. The van der Waals surface area contributed by atoms with Crippen LogP contribution in [0, 0.1) is 6.92 Å². The molecular weight excluding hydrogens is 352 g/mol. The number of aromatic nitrogens is 1. The Balaban J connectivity index is 1.62. The van der Waals surface area contributed by atoms with Crippen molar-refractivity contribution >= 4 is 34.8 Å². The maximum absolute atomic E-state index is 12.1. The third kappa shape index (κ3) is 4.64. The van der Waals surface area contributed by atoms with Crippen LogP contribution in [0.3, 0.4) is 0 Å². The number of rotatable bonds is 4. The Bertz CT molecular complexity index is 929. The van der Waals surface area contributed by atoms with Gasteiger partial charge in [-0.15, -0.1) is 0 Å². The fourth-order valence-electron chi connectivity index (χ4n) is 2.26. The summed E-state index contributed by atoms with van der Waals surface area (Å²) in [5, 5.41) is 5.97. The van der Waals surface area contributed by atoms with Crippen molar-refractivity contribution in [2.75, 3.05) is 16.4 Å². The molecule has 1 heterocycles. The summed E-state index contributed by atoms with van der Waals surface area (Å²) in [6.07, 6.45) is 1.45. The number of aryl methyl sites for hydroxylation is 1. The lowest BCUT2D eigenvalue weighted by Gasteiger charge is -2.10. The number of pyridine rings is 1. The molecule has 0 saturated heterocycles. The molecule has 7 heteroatoms. The number of amides is 2. The largest absolute Gasteiger partial charge is 0.453 e. The number of hydrogen-bond donors (Lipinski definition) is 3. The number of nitrogens with zero attached hydrogens (tertiary/aromatic N) is 1. The lowest BCUT2D eigenvalue weighted by molar-refractivity contribution is 0.262. The highest BCUT2D eigenvalue weighted by Crippen LogP contribution is 2.29. The number of carbonyl (C=O) groups excluding carboxylic acids is 1. The Morgan fingerprint density at radius 2 is 1.81 bits per heavy atom. The van der Waals surface area contributed by atoms with Crippen molar-refractivity contribution in [2.24, 2.45) is 0 Å². The van der Waals surface area contributed by atoms with Crippen molar-refractivity contribution in [2.45, 2.75) is 6.92 Å². The van der Waals surface area contributed by atoms with Crippen LogP contribution in [0.5, 0.6) is 11.5 Å². The predicted octanol–water partition coefficient (Wildman–Crippen LogP) is 5.06. The number of carbonyl (C=O) groups is 1. The Morgan fingerprint density at radius 3 is 2.54 bits per heavy atom. The Labute approximate surface area is 156 Å². The maximum Gasteiger partial charge on any atom is 0.323 e. The lowest BCUT2D eigenvalue weighted by atomic mass is 10.2. The highest BCUT2D eigenvalue weighted by molar-refractivity contribution is 6.30. The first-order valence-electron chi connectivity index (χ1n) is 7.83. The first kappa shape index (κ1) is 17.6. The summed E-state index contributed by atoms with van der Waals surface area (Å²) in [6.45, 7) is 1.96. The van der Waals surface area contributed by atoms with Crippen molar-refractivity contribution < 1.29 is 9.53 Å². The van der Waals surface area contributed by atoms with E-state index in [-0.39, 0.29) is 11.8 Å². The van der Waals surface area contributed by atoms with Crippen molar-refractivity contribution in [3.05, 3.63) is 71.4 Å². The fourth-order valence-corrected chi connectivity index (χ4v) is 2.41. The molecule has 0 saturated carbocycles. The smallest absolute Gasteiger partial charge is 0.323 e. The Morgan fingerprint density at radius 1 is 1.08 bits per heavy atom. The second kappa shape index (κ2) is 7.76. The molecule has 3 rings (SSSR count). The van der Waals surface area contributed by atoms with Crippen molar-refractivity contribution in [1.82, 2.24) is 4.98 Å². The van der Waals surface area contributed by atoms with E-state index in [1.54, 1.807) is 30.3 Å². The number of nitrogens with two attached hydrogens (primary N) is 1. The molecule has 2 amide bonds. The molecule has 4 N–H and O–H groups in total. The average molecular weight is 369 g/mol. The van der Waals surface area contributed by atoms with E-state index >= 15 is 0 Å². The fraction of sp³-hybridized carbons (Fsp3) is 0.0526. The summed E-state index contributed by atoms with van der Waals surface area (Å²) in [6, 6.07) is 15.7. The summed E-state index contributed by atoms with van der Waals surface area (Å²) in [5.74, 6) is 1.16. The summed E-state index contributed by atoms with van der Waals surface area (Å²) < 4.78 is 5.66. The normalized spacial score (nSPS) is 10.2. The minimum atomic E-state index is -0.326. The van der Waals surface area contributed by atoms with Gasteiger partial charge < -0.3 is 21.1 Å². The maximum atomic E-state index is 12.1. The molecule has 0 bridgehead atoms. The van der Waals surface area contributed by atoms with Gasteiger partial charge in [0, 0.05) is 23.6 Å². The molecule has 0 fully saturated rings. The molecule has 0 atom stereocenters. The Hall–Kier alpha value is -3.25. The zero-order valence-corrected chi connectivity index (χ0v) is 14.7. The van der Waals surface area contributed by atoms with Gasteiger partial charge in [-0.2, -0.15) is 0 Å². The van der Waals surface area contributed by atoms with E-state index in [9.17, 15) is 4.79 Å². The van der Waals surface area contributed by atoms with Crippen LogP contribution < -0.4 is 21.1 Å². The number of nitrogen functional groups attached to an aromatic ring is 1. The van der Waals surface area contributed by atoms with Crippen LogP contribution in [-0.2, 0) is 0 Å². The zero-order valence-electron chi connectivity index (χ0n) is 14.0. The van der Waals surface area contributed by atoms with Crippen molar-refractivity contribution in [3.63, 3.8) is 0 Å². The molecule has 6 nitrogen and oxygen atoms in total. The molecule has 3 aromatic rings. The summed E-state index contributed by atoms with van der Waals surface area (Å²) in [4.78, 5) is 16.0. The van der Waals surface area contributed by atoms with Gasteiger partial charge in [0.25, 0.3) is 0 Å². The number of urea groups is 1. The predicted molar refractivity (Wildman–Crippen MR) is 104 cm³/mol. The van der Waals surface area contributed by atoms with Crippen molar-refractivity contribution in [3.8, 4) is 11.5 Å². The third-order valence-corrected chi connectivity index (χ3v) is 3.67. The quantitative estimate of drug-likeness (QED) is 0.600. The Kier molecular flexibility index (Phi) is 5.24. The number of anilines is 3. The van der Waals surface area contributed by atoms with Crippen LogP contribution in [0.25, 0.3) is 0 Å². The van der Waals surface area contributed by atoms with Crippen molar-refractivity contribution in [1.29, 1.82) is 0 Å². The molecule has 2 aromatic carbocycles. The molecule has 0 aliphatic heterocycles. The monoisotopic (exact) mass is 368 g/mol. The van der Waals surface area contributed by atoms with Crippen LogP contribution in [-0.4, -0.2) is 11.0 Å². The van der Waals surface area contributed by atoms with E-state index in [0.717, 1.165) is 11.3 Å². The SMILES string of the molecule is Cc1cccc(NC(=O)Nc2ccc(Oc3cc(Cl)cnc3N)cc2)c1. The van der Waals surface area contributed by atoms with Gasteiger partial charge in [0.2, 0.25) is 0 Å². The first-order valence-corrected chi connectivity index (χ1v) is 8.21. The summed E-state index contributed by atoms with van der Waals surface area (Å²) in [5.41, 5.74) is 8.18. The second-order valence-electron chi connectivity index (χ2n) is 5.61. The van der Waals surface area contributed by atoms with E-state index in [1.165, 1.54) is 6.20 Å². The standard InChI is InChI=1S/C19H17ClN4O2/c1-12-3-2-4-15(9-12)24-19(25)23-14-5-7-16(8-6-14)26-17-10-13(20)11-22-18(17)21/h2-11H,1H3,(H2,21,22)(H2,23,24,25). The van der Waals surface area contributed by atoms with Crippen LogP contribution in [0.2, 0.25) is 5.02 Å². The van der Waals surface area contributed by atoms with Gasteiger partial charge in [0.05, 0.1) is 5.02 Å². The molecule has 0 spiro atoms. The van der Waals surface area contributed by atoms with E-state index in [0.29, 0.717) is 22.2 Å². The minimum absolute atomic E-state index is 0.245. The van der Waals surface area contributed by atoms with Gasteiger partial charge in [-0.1, -0.05) is 23.7 Å². The molecule has 26 heavy (non-hydrogen) atoms. The molecule has 1 aromatic heterocycles. The topological polar surface area (TPSA) is 89.3 Å². The van der Waals surface area contributed by atoms with E-state index in [4.69, 9.17) is 22.1 Å². The number of halogens is 1. The molecule has 0 aliphatic carbocycles. The van der Waals surface area contributed by atoms with Crippen LogP contribution in [0.1, 0.15) is 5.56 Å². The molecule has 0 radical (unpaired) electrons. The zero-order chi connectivity index (χ0) is 18.5. The molecule has 132 valence electrons. The highest BCUT2D eigenvalue weighted by Gasteiger charge is 2.06. The van der Waals surface area contributed by atoms with Crippen LogP contribution >= 0.6 is 11.6 Å².